The molecule has 15 nitrogen and oxygen atoms in total. The molecule has 0 saturated carbocycles. The summed E-state index contributed by atoms with van der Waals surface area (Å²) in [5.74, 6) is -1.86. The summed E-state index contributed by atoms with van der Waals surface area (Å²) in [4.78, 5) is 82.0. The summed E-state index contributed by atoms with van der Waals surface area (Å²) in [6, 6.07) is -1.24. The number of ether oxygens (including phenoxy) is 2. The number of aldehydes is 1. The highest BCUT2D eigenvalue weighted by molar-refractivity contribution is 7.46. The van der Waals surface area contributed by atoms with Gasteiger partial charge in [0.2, 0.25) is 11.8 Å². The van der Waals surface area contributed by atoms with E-state index < -0.39 is 44.6 Å². The lowest BCUT2D eigenvalue weighted by Gasteiger charge is -2.22. The Morgan fingerprint density at radius 2 is 1.01 bits per heavy atom. The monoisotopic (exact) mass is 1030 g/mol. The number of rotatable bonds is 54. The molecular formula is C55H106N3O12P. The standard InChI is InChI=1S/C55H106N3O12P/c1-4-7-10-13-16-19-22-25-30-37-48(60)46-52(61)58-51(39-32-28-35-43-59)56-42-34-29-36-44-68-55(64)50(41-45-69-71(65,66)67)57-53(62)47-49(38-31-26-23-20-17-14-11-8-5-2)70-54(63)40-33-27-24-21-18-15-12-9-6-3/h43,48-51,56,60H,4-42,44-47H2,1-3H3,(H,57,62)(H,58,61)(H2,65,66,67)/t48-,49-,50?,51?/m1/s1. The van der Waals surface area contributed by atoms with Gasteiger partial charge in [0.25, 0.3) is 0 Å². The van der Waals surface area contributed by atoms with Crippen molar-refractivity contribution in [2.24, 2.45) is 0 Å². The Morgan fingerprint density at radius 3 is 1.55 bits per heavy atom. The van der Waals surface area contributed by atoms with E-state index in [1.54, 1.807) is 0 Å². The summed E-state index contributed by atoms with van der Waals surface area (Å²) in [6.07, 6.45) is 35.5. The van der Waals surface area contributed by atoms with Crippen LogP contribution < -0.4 is 16.0 Å². The molecule has 418 valence electrons. The van der Waals surface area contributed by atoms with Gasteiger partial charge in [0.15, 0.2) is 0 Å². The van der Waals surface area contributed by atoms with Crippen LogP contribution in [0.4, 0.5) is 0 Å². The van der Waals surface area contributed by atoms with Crippen LogP contribution in [0.5, 0.6) is 0 Å². The second kappa shape index (κ2) is 49.8. The van der Waals surface area contributed by atoms with Crippen LogP contribution in [0.3, 0.4) is 0 Å². The van der Waals surface area contributed by atoms with Gasteiger partial charge in [0.1, 0.15) is 18.4 Å². The van der Waals surface area contributed by atoms with E-state index in [0.717, 1.165) is 83.3 Å². The fourth-order valence-corrected chi connectivity index (χ4v) is 9.07. The minimum Gasteiger partial charge on any atom is -0.464 e. The van der Waals surface area contributed by atoms with E-state index in [1.165, 1.54) is 103 Å². The second-order valence-electron chi connectivity index (χ2n) is 20.0. The first kappa shape index (κ1) is 68.6. The molecule has 4 atom stereocenters. The highest BCUT2D eigenvalue weighted by Gasteiger charge is 2.27. The van der Waals surface area contributed by atoms with Gasteiger partial charge in [0.05, 0.1) is 38.3 Å². The van der Waals surface area contributed by atoms with Crippen LogP contribution in [0, 0.1) is 0 Å². The quantitative estimate of drug-likeness (QED) is 0.0110. The molecule has 0 spiro atoms. The fraction of sp³-hybridized carbons (Fsp3) is 0.909. The molecular weight excluding hydrogens is 926 g/mol. The molecule has 16 heteroatoms. The van der Waals surface area contributed by atoms with E-state index in [4.69, 9.17) is 9.47 Å². The topological polar surface area (TPSA) is 227 Å². The van der Waals surface area contributed by atoms with Crippen molar-refractivity contribution in [3.8, 4) is 0 Å². The van der Waals surface area contributed by atoms with Crippen molar-refractivity contribution in [3.63, 3.8) is 0 Å². The molecule has 0 saturated heterocycles. The average Bonchev–Trinajstić information content (AvgIpc) is 3.32. The third-order valence-electron chi connectivity index (χ3n) is 13.0. The number of phosphoric acid groups is 1. The van der Waals surface area contributed by atoms with E-state index in [-0.39, 0.29) is 50.3 Å². The molecule has 0 aliphatic rings. The number of hydrogen-bond donors (Lipinski definition) is 6. The maximum Gasteiger partial charge on any atom is 0.469 e. The Morgan fingerprint density at radius 1 is 0.535 bits per heavy atom. The predicted octanol–water partition coefficient (Wildman–Crippen LogP) is 12.3. The van der Waals surface area contributed by atoms with Gasteiger partial charge >= 0.3 is 19.8 Å². The van der Waals surface area contributed by atoms with Crippen LogP contribution in [0.2, 0.25) is 0 Å². The van der Waals surface area contributed by atoms with Crippen LogP contribution in [0.1, 0.15) is 278 Å². The molecule has 0 aliphatic carbocycles. The van der Waals surface area contributed by atoms with Crippen molar-refractivity contribution < 1.29 is 57.4 Å². The van der Waals surface area contributed by atoms with Crippen LogP contribution in [0.15, 0.2) is 0 Å². The van der Waals surface area contributed by atoms with Gasteiger partial charge < -0.3 is 39.8 Å². The minimum atomic E-state index is -4.83. The normalized spacial score (nSPS) is 13.3. The number of unbranched alkanes of at least 4 members (excludes halogenated alkanes) is 28. The van der Waals surface area contributed by atoms with Crippen LogP contribution in [-0.4, -0.2) is 89.1 Å². The van der Waals surface area contributed by atoms with Crippen LogP contribution in [0.25, 0.3) is 0 Å². The van der Waals surface area contributed by atoms with Gasteiger partial charge in [-0.25, -0.2) is 9.36 Å². The zero-order valence-electron chi connectivity index (χ0n) is 45.3. The Balaban J connectivity index is 5.15. The number of phosphoric ester groups is 1. The number of nitrogens with one attached hydrogen (secondary N) is 3. The second-order valence-corrected chi connectivity index (χ2v) is 21.2. The number of esters is 2. The summed E-state index contributed by atoms with van der Waals surface area (Å²) >= 11 is 0. The Kier molecular flexibility index (Phi) is 48.1. The summed E-state index contributed by atoms with van der Waals surface area (Å²) in [6.45, 7) is 6.74. The largest absolute Gasteiger partial charge is 0.469 e. The molecule has 0 aromatic rings. The SMILES string of the molecule is CCCCCCCCCCCC(=O)O[C@H](CCCCCCCCCCC)CC(=O)NC(CCOP(=O)(O)O)C(=O)OCCCCCNC(CCCCC=O)NC(=O)C[C@H](O)CCCCCCCCCCC. The number of carbonyl (C=O) groups is 5. The highest BCUT2D eigenvalue weighted by Crippen LogP contribution is 2.35. The number of aliphatic hydroxyl groups excluding tert-OH is 1. The van der Waals surface area contributed by atoms with Crippen LogP contribution >= 0.6 is 7.82 Å². The maximum atomic E-state index is 13.5. The lowest BCUT2D eigenvalue weighted by molar-refractivity contribution is -0.153. The molecule has 0 bridgehead atoms. The van der Waals surface area contributed by atoms with Crippen molar-refractivity contribution in [1.82, 2.24) is 16.0 Å². The summed E-state index contributed by atoms with van der Waals surface area (Å²) in [7, 11) is -4.83. The maximum absolute atomic E-state index is 13.5. The summed E-state index contributed by atoms with van der Waals surface area (Å²) < 4.78 is 27.4. The molecule has 0 aromatic heterocycles. The van der Waals surface area contributed by atoms with Crippen molar-refractivity contribution in [3.05, 3.63) is 0 Å². The van der Waals surface area contributed by atoms with Crippen molar-refractivity contribution >= 4 is 37.9 Å². The molecule has 0 heterocycles. The lowest BCUT2D eigenvalue weighted by Crippen LogP contribution is -2.46. The predicted molar refractivity (Wildman–Crippen MR) is 284 cm³/mol. The molecule has 6 N–H and O–H groups in total. The number of aliphatic hydroxyl groups is 1. The smallest absolute Gasteiger partial charge is 0.464 e. The highest BCUT2D eigenvalue weighted by atomic mass is 31.2. The molecule has 2 unspecified atom stereocenters. The number of hydrogen-bond acceptors (Lipinski definition) is 11. The molecule has 0 radical (unpaired) electrons. The average molecular weight is 1030 g/mol. The third kappa shape index (κ3) is 48.3. The van der Waals surface area contributed by atoms with Gasteiger partial charge in [-0.15, -0.1) is 0 Å². The van der Waals surface area contributed by atoms with E-state index in [2.05, 4.69) is 41.2 Å². The van der Waals surface area contributed by atoms with E-state index >= 15 is 0 Å². The van der Waals surface area contributed by atoms with Crippen molar-refractivity contribution in [1.29, 1.82) is 0 Å². The number of carbonyl (C=O) groups excluding carboxylic acids is 5. The van der Waals surface area contributed by atoms with Crippen LogP contribution in [-0.2, 0) is 42.5 Å². The van der Waals surface area contributed by atoms with E-state index in [9.17, 15) is 43.4 Å². The Hall–Kier alpha value is -2.42. The zero-order chi connectivity index (χ0) is 52.5. The first-order chi connectivity index (χ1) is 34.3. The van der Waals surface area contributed by atoms with E-state index in [0.29, 0.717) is 57.9 Å². The zero-order valence-corrected chi connectivity index (χ0v) is 46.1. The minimum absolute atomic E-state index is 0.0363. The fourth-order valence-electron chi connectivity index (χ4n) is 8.72. The van der Waals surface area contributed by atoms with Gasteiger partial charge in [-0.2, -0.15) is 0 Å². The lowest BCUT2D eigenvalue weighted by atomic mass is 10.0. The van der Waals surface area contributed by atoms with Gasteiger partial charge in [0, 0.05) is 19.3 Å². The third-order valence-corrected chi connectivity index (χ3v) is 13.5. The van der Waals surface area contributed by atoms with Crippen molar-refractivity contribution in [2.45, 2.75) is 302 Å². The molecule has 0 aliphatic heterocycles. The summed E-state index contributed by atoms with van der Waals surface area (Å²) in [5, 5.41) is 19.6. The van der Waals surface area contributed by atoms with Gasteiger partial charge in [-0.1, -0.05) is 181 Å². The molecule has 0 fully saturated rings. The van der Waals surface area contributed by atoms with Gasteiger partial charge in [-0.05, 0) is 70.8 Å². The first-order valence-electron chi connectivity index (χ1n) is 28.8. The van der Waals surface area contributed by atoms with E-state index in [1.807, 2.05) is 0 Å². The number of amides is 2. The Labute approximate surface area is 431 Å². The first-order valence-corrected chi connectivity index (χ1v) is 30.4. The van der Waals surface area contributed by atoms with Crippen molar-refractivity contribution in [2.75, 3.05) is 19.8 Å². The Bertz CT molecular complexity index is 1340. The molecule has 0 aromatic carbocycles. The van der Waals surface area contributed by atoms with Gasteiger partial charge in [-0.3, -0.25) is 24.2 Å². The molecule has 0 rings (SSSR count). The molecule has 2 amide bonds. The molecule has 71 heavy (non-hydrogen) atoms. The summed E-state index contributed by atoms with van der Waals surface area (Å²) in [5.41, 5.74) is 0.